The lowest BCUT2D eigenvalue weighted by molar-refractivity contribution is 0.0323. The molecule has 2 saturated heterocycles. The summed E-state index contributed by atoms with van der Waals surface area (Å²) in [4.78, 5) is 9.92. The van der Waals surface area contributed by atoms with E-state index in [1.807, 2.05) is 0 Å². The minimum absolute atomic E-state index is 0.589. The number of morpholine rings is 1. The molecule has 2 unspecified atom stereocenters. The maximum absolute atomic E-state index is 5.43. The summed E-state index contributed by atoms with van der Waals surface area (Å²) in [5, 5.41) is 3.50. The van der Waals surface area contributed by atoms with E-state index in [4.69, 9.17) is 9.73 Å². The van der Waals surface area contributed by atoms with Crippen molar-refractivity contribution < 1.29 is 4.74 Å². The lowest BCUT2D eigenvalue weighted by Crippen LogP contribution is -2.41. The van der Waals surface area contributed by atoms with Gasteiger partial charge in [0.1, 0.15) is 0 Å². The number of likely N-dealkylation sites (tertiary alicyclic amines) is 1. The Labute approximate surface area is 148 Å². The van der Waals surface area contributed by atoms with Crippen molar-refractivity contribution in [2.45, 2.75) is 40.5 Å². The van der Waals surface area contributed by atoms with E-state index in [0.29, 0.717) is 5.92 Å². The summed E-state index contributed by atoms with van der Waals surface area (Å²) in [5.41, 5.74) is 0. The predicted octanol–water partition coefficient (Wildman–Crippen LogP) is 2.29. The summed E-state index contributed by atoms with van der Waals surface area (Å²) in [6.07, 6.45) is 2.65. The Morgan fingerprint density at radius 1 is 1.21 bits per heavy atom. The Balaban J connectivity index is 1.81. The first-order valence-corrected chi connectivity index (χ1v) is 9.91. The summed E-state index contributed by atoms with van der Waals surface area (Å²) in [7, 11) is 0. The zero-order chi connectivity index (χ0) is 17.4. The second-order valence-electron chi connectivity index (χ2n) is 7.94. The van der Waals surface area contributed by atoms with Gasteiger partial charge in [-0.2, -0.15) is 0 Å². The zero-order valence-corrected chi connectivity index (χ0v) is 16.3. The second-order valence-corrected chi connectivity index (χ2v) is 7.94. The van der Waals surface area contributed by atoms with Gasteiger partial charge in [0.05, 0.1) is 13.2 Å². The quantitative estimate of drug-likeness (QED) is 0.571. The Bertz CT molecular complexity index is 380. The van der Waals surface area contributed by atoms with Gasteiger partial charge in [0.2, 0.25) is 0 Å². The van der Waals surface area contributed by atoms with Crippen LogP contribution in [0.3, 0.4) is 0 Å². The molecule has 2 fully saturated rings. The first kappa shape index (κ1) is 19.5. The first-order valence-electron chi connectivity index (χ1n) is 9.91. The fourth-order valence-electron chi connectivity index (χ4n) is 3.83. The fraction of sp³-hybridized carbons (Fsp3) is 0.947. The molecule has 0 saturated carbocycles. The standard InChI is InChI=1S/C19H38N4O/c1-5-20-19(23-7-6-18(15-23)12-16(2)3)21-13-17(4)14-22-8-10-24-11-9-22/h16-18H,5-15H2,1-4H3,(H,20,21). The molecule has 2 aliphatic rings. The minimum Gasteiger partial charge on any atom is -0.379 e. The van der Waals surface area contributed by atoms with Crippen molar-refractivity contribution in [2.24, 2.45) is 22.7 Å². The van der Waals surface area contributed by atoms with Crippen LogP contribution in [0.15, 0.2) is 4.99 Å². The van der Waals surface area contributed by atoms with Crippen LogP contribution in [0.5, 0.6) is 0 Å². The van der Waals surface area contributed by atoms with Crippen LogP contribution >= 0.6 is 0 Å². The largest absolute Gasteiger partial charge is 0.379 e. The van der Waals surface area contributed by atoms with Crippen molar-refractivity contribution in [3.05, 3.63) is 0 Å². The molecule has 140 valence electrons. The monoisotopic (exact) mass is 338 g/mol. The Hall–Kier alpha value is -0.810. The topological polar surface area (TPSA) is 40.1 Å². The number of hydrogen-bond acceptors (Lipinski definition) is 3. The molecule has 0 aliphatic carbocycles. The number of nitrogens with zero attached hydrogens (tertiary/aromatic N) is 3. The number of rotatable bonds is 7. The van der Waals surface area contributed by atoms with Crippen LogP contribution < -0.4 is 5.32 Å². The molecule has 24 heavy (non-hydrogen) atoms. The molecule has 0 aromatic heterocycles. The molecule has 0 spiro atoms. The average molecular weight is 339 g/mol. The maximum Gasteiger partial charge on any atom is 0.193 e. The second kappa shape index (κ2) is 10.2. The molecule has 0 amide bonds. The molecule has 1 N–H and O–H groups in total. The van der Waals surface area contributed by atoms with Crippen LogP contribution in [-0.4, -0.2) is 74.8 Å². The molecule has 2 heterocycles. The van der Waals surface area contributed by atoms with Crippen LogP contribution in [0, 0.1) is 17.8 Å². The molecule has 0 aromatic rings. The van der Waals surface area contributed by atoms with Gasteiger partial charge >= 0.3 is 0 Å². The summed E-state index contributed by atoms with van der Waals surface area (Å²) < 4.78 is 5.43. The molecular weight excluding hydrogens is 300 g/mol. The van der Waals surface area contributed by atoms with Crippen LogP contribution in [0.1, 0.15) is 40.5 Å². The fourth-order valence-corrected chi connectivity index (χ4v) is 3.83. The lowest BCUT2D eigenvalue weighted by Gasteiger charge is -2.29. The maximum atomic E-state index is 5.43. The highest BCUT2D eigenvalue weighted by Crippen LogP contribution is 2.23. The van der Waals surface area contributed by atoms with Crippen molar-refractivity contribution in [1.29, 1.82) is 0 Å². The zero-order valence-electron chi connectivity index (χ0n) is 16.3. The van der Waals surface area contributed by atoms with E-state index in [1.165, 1.54) is 19.4 Å². The van der Waals surface area contributed by atoms with Crippen molar-refractivity contribution in [1.82, 2.24) is 15.1 Å². The van der Waals surface area contributed by atoms with E-state index in [-0.39, 0.29) is 0 Å². The molecule has 2 aliphatic heterocycles. The number of ether oxygens (including phenoxy) is 1. The molecule has 5 heteroatoms. The van der Waals surface area contributed by atoms with E-state index >= 15 is 0 Å². The molecule has 0 radical (unpaired) electrons. The van der Waals surface area contributed by atoms with Gasteiger partial charge in [-0.25, -0.2) is 0 Å². The molecule has 2 rings (SSSR count). The molecular formula is C19H38N4O. The van der Waals surface area contributed by atoms with E-state index in [9.17, 15) is 0 Å². The third-order valence-electron chi connectivity index (χ3n) is 4.95. The molecule has 2 atom stereocenters. The summed E-state index contributed by atoms with van der Waals surface area (Å²) in [6, 6.07) is 0. The third kappa shape index (κ3) is 6.60. The number of nitrogens with one attached hydrogen (secondary N) is 1. The summed E-state index contributed by atoms with van der Waals surface area (Å²) in [5.74, 6) is 3.34. The highest BCUT2D eigenvalue weighted by molar-refractivity contribution is 5.80. The van der Waals surface area contributed by atoms with Gasteiger partial charge in [-0.15, -0.1) is 0 Å². The smallest absolute Gasteiger partial charge is 0.193 e. The first-order chi connectivity index (χ1) is 11.6. The van der Waals surface area contributed by atoms with E-state index in [1.54, 1.807) is 0 Å². The molecule has 0 aromatic carbocycles. The van der Waals surface area contributed by atoms with E-state index in [2.05, 4.69) is 42.8 Å². The van der Waals surface area contributed by atoms with Crippen molar-refractivity contribution in [2.75, 3.05) is 59.0 Å². The van der Waals surface area contributed by atoms with E-state index < -0.39 is 0 Å². The van der Waals surface area contributed by atoms with Gasteiger partial charge in [0, 0.05) is 45.8 Å². The van der Waals surface area contributed by atoms with Gasteiger partial charge in [0.15, 0.2) is 5.96 Å². The van der Waals surface area contributed by atoms with Crippen LogP contribution in [0.4, 0.5) is 0 Å². The van der Waals surface area contributed by atoms with Crippen molar-refractivity contribution in [3.8, 4) is 0 Å². The van der Waals surface area contributed by atoms with Gasteiger partial charge in [0.25, 0.3) is 0 Å². The Morgan fingerprint density at radius 3 is 2.62 bits per heavy atom. The highest BCUT2D eigenvalue weighted by atomic mass is 16.5. The number of guanidine groups is 1. The van der Waals surface area contributed by atoms with Crippen molar-refractivity contribution >= 4 is 5.96 Å². The third-order valence-corrected chi connectivity index (χ3v) is 4.95. The number of aliphatic imine (C=N–C) groups is 1. The summed E-state index contributed by atoms with van der Waals surface area (Å²) >= 11 is 0. The predicted molar refractivity (Wildman–Crippen MR) is 102 cm³/mol. The van der Waals surface area contributed by atoms with Gasteiger partial charge in [-0.05, 0) is 37.5 Å². The molecule has 0 bridgehead atoms. The Kier molecular flexibility index (Phi) is 8.33. The van der Waals surface area contributed by atoms with Gasteiger partial charge < -0.3 is 15.0 Å². The lowest BCUT2D eigenvalue weighted by atomic mass is 9.97. The normalized spacial score (nSPS) is 24.6. The van der Waals surface area contributed by atoms with Gasteiger partial charge in [-0.3, -0.25) is 9.89 Å². The SMILES string of the molecule is CCNC(=NCC(C)CN1CCOCC1)N1CCC(CC(C)C)C1. The van der Waals surface area contributed by atoms with E-state index in [0.717, 1.165) is 70.3 Å². The minimum atomic E-state index is 0.589. The van der Waals surface area contributed by atoms with Gasteiger partial charge in [-0.1, -0.05) is 20.8 Å². The number of hydrogen-bond donors (Lipinski definition) is 1. The average Bonchev–Trinajstić information content (AvgIpc) is 3.00. The van der Waals surface area contributed by atoms with Crippen LogP contribution in [0.2, 0.25) is 0 Å². The molecule has 5 nitrogen and oxygen atoms in total. The van der Waals surface area contributed by atoms with Crippen LogP contribution in [-0.2, 0) is 4.74 Å². The highest BCUT2D eigenvalue weighted by Gasteiger charge is 2.25. The van der Waals surface area contributed by atoms with Crippen LogP contribution in [0.25, 0.3) is 0 Å². The summed E-state index contributed by atoms with van der Waals surface area (Å²) in [6.45, 7) is 18.3. The van der Waals surface area contributed by atoms with Crippen molar-refractivity contribution in [3.63, 3.8) is 0 Å². The Morgan fingerprint density at radius 2 is 1.96 bits per heavy atom.